The number of halogens is 1. The van der Waals surface area contributed by atoms with Crippen molar-refractivity contribution in [2.45, 2.75) is 17.0 Å². The number of hydrogen-bond acceptors (Lipinski definition) is 5. The Morgan fingerprint density at radius 2 is 1.79 bits per heavy atom. The first-order valence-electron chi connectivity index (χ1n) is 10.6. The maximum absolute atomic E-state index is 13.3. The van der Waals surface area contributed by atoms with Gasteiger partial charge in [-0.1, -0.05) is 60.3 Å². The van der Waals surface area contributed by atoms with Crippen LogP contribution < -0.4 is 10.1 Å². The molecule has 1 heterocycles. The minimum atomic E-state index is -0.621. The predicted molar refractivity (Wildman–Crippen MR) is 132 cm³/mol. The summed E-state index contributed by atoms with van der Waals surface area (Å²) in [6, 6.07) is 22.6. The molecule has 34 heavy (non-hydrogen) atoms. The number of carbonyl (C=O) groups is 1. The summed E-state index contributed by atoms with van der Waals surface area (Å²) in [7, 11) is 1.61. The molecule has 1 amide bonds. The van der Waals surface area contributed by atoms with E-state index in [1.54, 1.807) is 13.2 Å². The molecule has 6 nitrogen and oxygen atoms in total. The molecule has 0 aliphatic heterocycles. The third-order valence-corrected chi connectivity index (χ3v) is 6.29. The Hall–Kier alpha value is -3.91. The van der Waals surface area contributed by atoms with E-state index in [1.165, 1.54) is 36.0 Å². The second-order valence-electron chi connectivity index (χ2n) is 7.31. The normalized spacial score (nSPS) is 11.6. The van der Waals surface area contributed by atoms with Gasteiger partial charge >= 0.3 is 0 Å². The summed E-state index contributed by atoms with van der Waals surface area (Å²) in [5.74, 6) is 0.666. The molecule has 0 bridgehead atoms. The molecule has 0 aliphatic rings. The third-order valence-electron chi connectivity index (χ3n) is 5.05. The van der Waals surface area contributed by atoms with Crippen LogP contribution >= 0.6 is 11.8 Å². The number of amides is 1. The first-order valence-corrected chi connectivity index (χ1v) is 11.4. The zero-order chi connectivity index (χ0) is 23.9. The van der Waals surface area contributed by atoms with Crippen LogP contribution in [0.3, 0.4) is 0 Å². The lowest BCUT2D eigenvalue weighted by molar-refractivity contribution is -0.115. The second kappa shape index (κ2) is 10.8. The lowest BCUT2D eigenvalue weighted by Crippen LogP contribution is -2.19. The number of thioether (sulfide) groups is 1. The molecule has 1 atom stereocenters. The van der Waals surface area contributed by atoms with Crippen molar-refractivity contribution in [3.63, 3.8) is 0 Å². The molecule has 1 aromatic heterocycles. The summed E-state index contributed by atoms with van der Waals surface area (Å²) in [4.78, 5) is 13.3. The molecule has 8 heteroatoms. The molecule has 0 spiro atoms. The number of aromatic nitrogens is 3. The molecular formula is C26H23FN4O2S. The molecule has 0 saturated heterocycles. The van der Waals surface area contributed by atoms with Gasteiger partial charge in [0.25, 0.3) is 0 Å². The van der Waals surface area contributed by atoms with Crippen molar-refractivity contribution >= 4 is 23.4 Å². The van der Waals surface area contributed by atoms with Gasteiger partial charge in [-0.15, -0.1) is 16.8 Å². The minimum absolute atomic E-state index is 0.255. The van der Waals surface area contributed by atoms with Crippen molar-refractivity contribution in [2.75, 3.05) is 12.4 Å². The Morgan fingerprint density at radius 3 is 2.50 bits per heavy atom. The maximum atomic E-state index is 13.3. The van der Waals surface area contributed by atoms with E-state index in [1.807, 2.05) is 59.2 Å². The molecule has 1 N–H and O–H groups in total. The van der Waals surface area contributed by atoms with Crippen molar-refractivity contribution in [3.05, 3.63) is 103 Å². The number of nitrogens with one attached hydrogen (secondary N) is 1. The van der Waals surface area contributed by atoms with Gasteiger partial charge in [-0.3, -0.25) is 9.36 Å². The van der Waals surface area contributed by atoms with Gasteiger partial charge in [0.15, 0.2) is 11.0 Å². The number of anilines is 1. The van der Waals surface area contributed by atoms with Crippen molar-refractivity contribution < 1.29 is 13.9 Å². The Kier molecular flexibility index (Phi) is 7.39. The fraction of sp³-hybridized carbons (Fsp3) is 0.115. The van der Waals surface area contributed by atoms with Gasteiger partial charge < -0.3 is 10.1 Å². The number of carbonyl (C=O) groups excluding carboxylic acids is 1. The highest BCUT2D eigenvalue weighted by atomic mass is 32.2. The topological polar surface area (TPSA) is 69.0 Å². The SMILES string of the molecule is C=CCn1c(SC(C(=O)Nc2ccc(F)cc2)c2ccccc2)nnc1-c1ccccc1OC. The predicted octanol–water partition coefficient (Wildman–Crippen LogP) is 5.75. The van der Waals surface area contributed by atoms with Crippen LogP contribution in [-0.2, 0) is 11.3 Å². The van der Waals surface area contributed by atoms with Crippen LogP contribution in [-0.4, -0.2) is 27.8 Å². The first-order chi connectivity index (χ1) is 16.6. The Bertz CT molecular complexity index is 1280. The van der Waals surface area contributed by atoms with Crippen LogP contribution in [0.2, 0.25) is 0 Å². The number of allylic oxidation sites excluding steroid dienone is 1. The van der Waals surface area contributed by atoms with E-state index in [-0.39, 0.29) is 11.7 Å². The molecule has 0 fully saturated rings. The monoisotopic (exact) mass is 474 g/mol. The Morgan fingerprint density at radius 1 is 1.09 bits per heavy atom. The van der Waals surface area contributed by atoms with Crippen LogP contribution in [0.15, 0.2) is 96.7 Å². The van der Waals surface area contributed by atoms with Crippen LogP contribution in [0.4, 0.5) is 10.1 Å². The molecule has 4 aromatic rings. The highest BCUT2D eigenvalue weighted by Crippen LogP contribution is 2.38. The number of rotatable bonds is 9. The number of ether oxygens (including phenoxy) is 1. The van der Waals surface area contributed by atoms with Gasteiger partial charge in [0.05, 0.1) is 12.7 Å². The van der Waals surface area contributed by atoms with E-state index >= 15 is 0 Å². The average Bonchev–Trinajstić information content (AvgIpc) is 3.26. The first kappa shape index (κ1) is 23.3. The zero-order valence-corrected chi connectivity index (χ0v) is 19.3. The number of benzene rings is 3. The zero-order valence-electron chi connectivity index (χ0n) is 18.5. The molecular weight excluding hydrogens is 451 g/mol. The summed E-state index contributed by atoms with van der Waals surface area (Å²) in [6.07, 6.45) is 1.75. The molecule has 4 rings (SSSR count). The van der Waals surface area contributed by atoms with E-state index in [2.05, 4.69) is 22.1 Å². The van der Waals surface area contributed by atoms with Crippen LogP contribution in [0.5, 0.6) is 5.75 Å². The highest BCUT2D eigenvalue weighted by Gasteiger charge is 2.26. The maximum Gasteiger partial charge on any atom is 0.242 e. The average molecular weight is 475 g/mol. The molecule has 1 unspecified atom stereocenters. The smallest absolute Gasteiger partial charge is 0.242 e. The largest absolute Gasteiger partial charge is 0.496 e. The number of hydrogen-bond donors (Lipinski definition) is 1. The molecule has 172 valence electrons. The van der Waals surface area contributed by atoms with E-state index in [0.29, 0.717) is 29.0 Å². The number of nitrogens with zero attached hydrogens (tertiary/aromatic N) is 3. The summed E-state index contributed by atoms with van der Waals surface area (Å²) in [6.45, 7) is 4.31. The van der Waals surface area contributed by atoms with E-state index < -0.39 is 5.25 Å². The Labute approximate surface area is 201 Å². The standard InChI is InChI=1S/C26H23FN4O2S/c1-3-17-31-24(21-11-7-8-12-22(21)33-2)29-30-26(31)34-23(18-9-5-4-6-10-18)25(32)28-20-15-13-19(27)14-16-20/h3-16,23H,1,17H2,2H3,(H,28,32). The summed E-state index contributed by atoms with van der Waals surface area (Å²) >= 11 is 1.28. The van der Waals surface area contributed by atoms with Gasteiger partial charge in [-0.2, -0.15) is 0 Å². The quantitative estimate of drug-likeness (QED) is 0.247. The molecule has 0 aliphatic carbocycles. The number of para-hydroxylation sites is 1. The van der Waals surface area contributed by atoms with Crippen molar-refractivity contribution in [2.24, 2.45) is 0 Å². The fourth-order valence-electron chi connectivity index (χ4n) is 3.45. The summed E-state index contributed by atoms with van der Waals surface area (Å²) in [5, 5.41) is 11.6. The summed E-state index contributed by atoms with van der Waals surface area (Å²) in [5.41, 5.74) is 2.10. The Balaban J connectivity index is 1.70. The molecule has 3 aromatic carbocycles. The van der Waals surface area contributed by atoms with Crippen molar-refractivity contribution in [3.8, 4) is 17.1 Å². The fourth-order valence-corrected chi connectivity index (χ4v) is 4.49. The minimum Gasteiger partial charge on any atom is -0.496 e. The van der Waals surface area contributed by atoms with Crippen molar-refractivity contribution in [1.29, 1.82) is 0 Å². The number of methoxy groups -OCH3 is 1. The van der Waals surface area contributed by atoms with Gasteiger partial charge in [0, 0.05) is 12.2 Å². The van der Waals surface area contributed by atoms with E-state index in [0.717, 1.165) is 11.1 Å². The second-order valence-corrected chi connectivity index (χ2v) is 8.38. The van der Waals surface area contributed by atoms with Crippen molar-refractivity contribution in [1.82, 2.24) is 14.8 Å². The lowest BCUT2D eigenvalue weighted by Gasteiger charge is -2.17. The highest BCUT2D eigenvalue weighted by molar-refractivity contribution is 8.00. The van der Waals surface area contributed by atoms with Crippen LogP contribution in [0, 0.1) is 5.82 Å². The molecule has 0 radical (unpaired) electrons. The van der Waals surface area contributed by atoms with Gasteiger partial charge in [-0.25, -0.2) is 4.39 Å². The van der Waals surface area contributed by atoms with Gasteiger partial charge in [0.1, 0.15) is 16.8 Å². The van der Waals surface area contributed by atoms with E-state index in [4.69, 9.17) is 4.74 Å². The van der Waals surface area contributed by atoms with Crippen LogP contribution in [0.1, 0.15) is 10.8 Å². The van der Waals surface area contributed by atoms with Gasteiger partial charge in [0.2, 0.25) is 5.91 Å². The third kappa shape index (κ3) is 5.18. The summed E-state index contributed by atoms with van der Waals surface area (Å²) < 4.78 is 20.7. The van der Waals surface area contributed by atoms with E-state index in [9.17, 15) is 9.18 Å². The molecule has 0 saturated carbocycles. The lowest BCUT2D eigenvalue weighted by atomic mass is 10.1. The van der Waals surface area contributed by atoms with Crippen LogP contribution in [0.25, 0.3) is 11.4 Å². The van der Waals surface area contributed by atoms with Gasteiger partial charge in [-0.05, 0) is 42.0 Å².